The molecule has 0 saturated carbocycles. The Kier molecular flexibility index (Phi) is 5.69. The summed E-state index contributed by atoms with van der Waals surface area (Å²) in [5.41, 5.74) is 9.75. The first kappa shape index (κ1) is 17.8. The molecule has 1 N–H and O–H groups in total. The number of hydrogen-bond acceptors (Lipinski definition) is 1. The summed E-state index contributed by atoms with van der Waals surface area (Å²) in [5, 5.41) is 3.53. The van der Waals surface area contributed by atoms with Gasteiger partial charge in [0.1, 0.15) is 0 Å². The van der Waals surface area contributed by atoms with Crippen molar-refractivity contribution in [3.63, 3.8) is 0 Å². The fourth-order valence-electron chi connectivity index (χ4n) is 2.97. The van der Waals surface area contributed by atoms with Gasteiger partial charge >= 0.3 is 0 Å². The largest absolute Gasteiger partial charge is 0.355 e. The van der Waals surface area contributed by atoms with Gasteiger partial charge < -0.3 is 5.32 Å². The summed E-state index contributed by atoms with van der Waals surface area (Å²) in [5.74, 6) is 0. The molecule has 23 heavy (non-hydrogen) atoms. The molecular formula is C21H26BrN. The lowest BCUT2D eigenvalue weighted by Crippen LogP contribution is -2.03. The van der Waals surface area contributed by atoms with Crippen molar-refractivity contribution in [3.05, 3.63) is 68.7 Å². The molecule has 0 aliphatic rings. The van der Waals surface area contributed by atoms with Crippen molar-refractivity contribution in [3.8, 4) is 0 Å². The average Bonchev–Trinajstić information content (AvgIpc) is 2.51. The van der Waals surface area contributed by atoms with Gasteiger partial charge in [-0.25, -0.2) is 0 Å². The van der Waals surface area contributed by atoms with Crippen LogP contribution in [0.25, 0.3) is 5.70 Å². The third-order valence-corrected chi connectivity index (χ3v) is 5.59. The minimum Gasteiger partial charge on any atom is -0.355 e. The van der Waals surface area contributed by atoms with Crippen LogP contribution in [0.15, 0.2) is 35.3 Å². The summed E-state index contributed by atoms with van der Waals surface area (Å²) in [6.45, 7) is 15.1. The minimum absolute atomic E-state index is 0.948. The van der Waals surface area contributed by atoms with E-state index in [1.807, 2.05) is 0 Å². The highest BCUT2D eigenvalue weighted by atomic mass is 79.9. The van der Waals surface area contributed by atoms with Gasteiger partial charge in [0, 0.05) is 15.9 Å². The van der Waals surface area contributed by atoms with Crippen LogP contribution in [0.1, 0.15) is 46.7 Å². The summed E-state index contributed by atoms with van der Waals surface area (Å²) in [4.78, 5) is 0. The van der Waals surface area contributed by atoms with Gasteiger partial charge in [0.15, 0.2) is 0 Å². The van der Waals surface area contributed by atoms with Crippen molar-refractivity contribution in [1.82, 2.24) is 0 Å². The number of anilines is 1. The Balaban J connectivity index is 2.33. The third-order valence-electron chi connectivity index (χ3n) is 4.37. The van der Waals surface area contributed by atoms with Gasteiger partial charge in [0.2, 0.25) is 0 Å². The number of benzene rings is 2. The molecule has 0 aromatic heterocycles. The lowest BCUT2D eigenvalue weighted by atomic mass is 9.99. The Morgan fingerprint density at radius 2 is 1.74 bits per heavy atom. The molecular weight excluding hydrogens is 346 g/mol. The van der Waals surface area contributed by atoms with Gasteiger partial charge in [-0.05, 0) is 73.6 Å². The maximum absolute atomic E-state index is 4.26. The fourth-order valence-corrected chi connectivity index (χ4v) is 3.29. The van der Waals surface area contributed by atoms with Crippen molar-refractivity contribution in [2.75, 3.05) is 5.32 Å². The summed E-state index contributed by atoms with van der Waals surface area (Å²) >= 11 is 3.68. The van der Waals surface area contributed by atoms with E-state index in [4.69, 9.17) is 0 Å². The third kappa shape index (κ3) is 3.87. The lowest BCUT2D eigenvalue weighted by Gasteiger charge is -2.18. The van der Waals surface area contributed by atoms with Crippen molar-refractivity contribution in [2.45, 2.75) is 47.5 Å². The molecule has 0 heterocycles. The van der Waals surface area contributed by atoms with Crippen molar-refractivity contribution < 1.29 is 0 Å². The molecule has 0 amide bonds. The molecule has 0 aliphatic carbocycles. The van der Waals surface area contributed by atoms with Gasteiger partial charge in [0.05, 0.1) is 0 Å². The second kappa shape index (κ2) is 7.35. The van der Waals surface area contributed by atoms with Crippen LogP contribution >= 0.6 is 15.9 Å². The van der Waals surface area contributed by atoms with Crippen molar-refractivity contribution >= 4 is 27.3 Å². The lowest BCUT2D eigenvalue weighted by molar-refractivity contribution is 0.912. The molecule has 0 spiro atoms. The second-order valence-electron chi connectivity index (χ2n) is 6.32. The number of aryl methyl sites for hydroxylation is 4. The van der Waals surface area contributed by atoms with Gasteiger partial charge in [-0.15, -0.1) is 0 Å². The summed E-state index contributed by atoms with van der Waals surface area (Å²) in [6, 6.07) is 8.81. The zero-order valence-electron chi connectivity index (χ0n) is 14.8. The van der Waals surface area contributed by atoms with E-state index in [1.165, 1.54) is 27.8 Å². The van der Waals surface area contributed by atoms with Crippen LogP contribution in [-0.2, 0) is 6.42 Å². The smallest absolute Gasteiger partial charge is 0.0455 e. The molecule has 122 valence electrons. The van der Waals surface area contributed by atoms with Crippen LogP contribution in [0.2, 0.25) is 0 Å². The maximum Gasteiger partial charge on any atom is 0.0455 e. The van der Waals surface area contributed by atoms with E-state index >= 15 is 0 Å². The van der Waals surface area contributed by atoms with Crippen LogP contribution in [0.3, 0.4) is 0 Å². The monoisotopic (exact) mass is 371 g/mol. The van der Waals surface area contributed by atoms with Crippen molar-refractivity contribution in [1.29, 1.82) is 0 Å². The van der Waals surface area contributed by atoms with E-state index in [0.29, 0.717) is 0 Å². The Morgan fingerprint density at radius 3 is 2.39 bits per heavy atom. The average molecular weight is 372 g/mol. The molecule has 2 heteroatoms. The summed E-state index contributed by atoms with van der Waals surface area (Å²) < 4.78 is 1.16. The SMILES string of the molecule is C=C(Nc1c(C)cc(C)c(Br)c1C)c1ccc(C)c(CCC)c1. The Hall–Kier alpha value is -1.54. The molecule has 2 rings (SSSR count). The number of nitrogens with one attached hydrogen (secondary N) is 1. The molecule has 0 atom stereocenters. The molecule has 0 bridgehead atoms. The highest BCUT2D eigenvalue weighted by molar-refractivity contribution is 9.10. The van der Waals surface area contributed by atoms with E-state index in [0.717, 1.165) is 34.3 Å². The van der Waals surface area contributed by atoms with E-state index in [1.54, 1.807) is 0 Å². The van der Waals surface area contributed by atoms with E-state index in [2.05, 4.69) is 86.7 Å². The van der Waals surface area contributed by atoms with Crippen molar-refractivity contribution in [2.24, 2.45) is 0 Å². The van der Waals surface area contributed by atoms with E-state index in [9.17, 15) is 0 Å². The Morgan fingerprint density at radius 1 is 1.04 bits per heavy atom. The molecule has 0 saturated heterocycles. The fraction of sp³-hybridized carbons (Fsp3) is 0.333. The normalized spacial score (nSPS) is 10.7. The van der Waals surface area contributed by atoms with E-state index < -0.39 is 0 Å². The van der Waals surface area contributed by atoms with Crippen LogP contribution in [0, 0.1) is 27.7 Å². The van der Waals surface area contributed by atoms with Crippen LogP contribution < -0.4 is 5.32 Å². The Labute approximate surface area is 149 Å². The predicted molar refractivity (Wildman–Crippen MR) is 106 cm³/mol. The molecule has 2 aromatic rings. The highest BCUT2D eigenvalue weighted by Gasteiger charge is 2.11. The summed E-state index contributed by atoms with van der Waals surface area (Å²) in [6.07, 6.45) is 2.27. The minimum atomic E-state index is 0.948. The van der Waals surface area contributed by atoms with Crippen LogP contribution in [0.5, 0.6) is 0 Å². The van der Waals surface area contributed by atoms with Gasteiger partial charge in [-0.2, -0.15) is 0 Å². The molecule has 0 radical (unpaired) electrons. The zero-order chi connectivity index (χ0) is 17.1. The van der Waals surface area contributed by atoms with E-state index in [-0.39, 0.29) is 0 Å². The quantitative estimate of drug-likeness (QED) is 0.614. The molecule has 0 fully saturated rings. The van der Waals surface area contributed by atoms with Gasteiger partial charge in [-0.1, -0.05) is 54.1 Å². The number of halogens is 1. The van der Waals surface area contributed by atoms with Crippen LogP contribution in [-0.4, -0.2) is 0 Å². The zero-order valence-corrected chi connectivity index (χ0v) is 16.4. The first-order valence-electron chi connectivity index (χ1n) is 8.17. The number of hydrogen-bond donors (Lipinski definition) is 1. The Bertz CT molecular complexity index is 744. The standard InChI is InChI=1S/C21H26BrN/c1-7-8-18-12-19(10-9-13(18)2)17(6)23-21-15(4)11-14(3)20(22)16(21)5/h9-12,23H,6-8H2,1-5H3. The first-order valence-corrected chi connectivity index (χ1v) is 8.96. The predicted octanol–water partition coefficient (Wildman–Crippen LogP) is 6.72. The summed E-state index contributed by atoms with van der Waals surface area (Å²) in [7, 11) is 0. The molecule has 1 nitrogen and oxygen atoms in total. The second-order valence-corrected chi connectivity index (χ2v) is 7.11. The molecule has 0 unspecified atom stereocenters. The topological polar surface area (TPSA) is 12.0 Å². The molecule has 0 aliphatic heterocycles. The van der Waals surface area contributed by atoms with Gasteiger partial charge in [-0.3, -0.25) is 0 Å². The maximum atomic E-state index is 4.26. The molecule has 2 aromatic carbocycles. The van der Waals surface area contributed by atoms with Crippen LogP contribution in [0.4, 0.5) is 5.69 Å². The van der Waals surface area contributed by atoms with Gasteiger partial charge in [0.25, 0.3) is 0 Å². The number of rotatable bonds is 5. The first-order chi connectivity index (χ1) is 10.8. The highest BCUT2D eigenvalue weighted by Crippen LogP contribution is 2.32.